The number of hydrogen-bond donors (Lipinski definition) is 1. The van der Waals surface area contributed by atoms with Crippen LogP contribution in [-0.2, 0) is 11.2 Å². The van der Waals surface area contributed by atoms with Crippen molar-refractivity contribution in [1.29, 1.82) is 0 Å². The maximum Gasteiger partial charge on any atom is 0.130 e. The molecule has 0 aromatic heterocycles. The van der Waals surface area contributed by atoms with E-state index in [4.69, 9.17) is 9.47 Å². The van der Waals surface area contributed by atoms with Gasteiger partial charge in [-0.1, -0.05) is 66.2 Å². The van der Waals surface area contributed by atoms with E-state index in [1.54, 1.807) is 0 Å². The van der Waals surface area contributed by atoms with Gasteiger partial charge in [0.15, 0.2) is 0 Å². The zero-order valence-electron chi connectivity index (χ0n) is 22.3. The fourth-order valence-electron chi connectivity index (χ4n) is 4.95. The first-order valence-electron chi connectivity index (χ1n) is 13.1. The van der Waals surface area contributed by atoms with E-state index in [2.05, 4.69) is 34.6 Å². The van der Waals surface area contributed by atoms with E-state index in [9.17, 15) is 5.11 Å². The van der Waals surface area contributed by atoms with Crippen LogP contribution in [0.2, 0.25) is 0 Å². The predicted molar refractivity (Wildman–Crippen MR) is 136 cm³/mol. The van der Waals surface area contributed by atoms with Gasteiger partial charge < -0.3 is 14.6 Å². The van der Waals surface area contributed by atoms with Gasteiger partial charge in [0.05, 0.1) is 6.61 Å². The van der Waals surface area contributed by atoms with E-state index >= 15 is 0 Å². The smallest absolute Gasteiger partial charge is 0.130 e. The molecule has 2 unspecified atom stereocenters. The largest absolute Gasteiger partial charge is 0.507 e. The van der Waals surface area contributed by atoms with Crippen LogP contribution in [0.4, 0.5) is 0 Å². The Labute approximate surface area is 198 Å². The van der Waals surface area contributed by atoms with Gasteiger partial charge in [-0.05, 0) is 81.4 Å². The lowest BCUT2D eigenvalue weighted by atomic mass is 9.87. The monoisotopic (exact) mass is 446 g/mol. The SMILES string of the molecule is Cc1c(C)c2c(c(C)c1O)CC[C@](C)(COCCC(C)CCCC(C)CCCC(C)C)O2. The van der Waals surface area contributed by atoms with Gasteiger partial charge in [0.2, 0.25) is 0 Å². The second-order valence-corrected chi connectivity index (χ2v) is 11.4. The molecule has 1 aliphatic heterocycles. The lowest BCUT2D eigenvalue weighted by Crippen LogP contribution is -2.41. The number of rotatable bonds is 13. The second kappa shape index (κ2) is 12.3. The van der Waals surface area contributed by atoms with Crippen molar-refractivity contribution in [1.82, 2.24) is 0 Å². The Morgan fingerprint density at radius 2 is 1.47 bits per heavy atom. The zero-order valence-corrected chi connectivity index (χ0v) is 22.3. The Morgan fingerprint density at radius 1 is 0.875 bits per heavy atom. The molecule has 0 aliphatic carbocycles. The van der Waals surface area contributed by atoms with Crippen molar-refractivity contribution in [3.05, 3.63) is 22.3 Å². The van der Waals surface area contributed by atoms with Gasteiger partial charge in [-0.15, -0.1) is 0 Å². The summed E-state index contributed by atoms with van der Waals surface area (Å²) < 4.78 is 12.6. The molecule has 0 bridgehead atoms. The highest BCUT2D eigenvalue weighted by Crippen LogP contribution is 2.43. The molecule has 3 atom stereocenters. The quantitative estimate of drug-likeness (QED) is 0.311. The summed E-state index contributed by atoms with van der Waals surface area (Å²) in [5, 5.41) is 10.4. The first-order chi connectivity index (χ1) is 15.0. The number of phenols is 1. The molecule has 2 rings (SSSR count). The topological polar surface area (TPSA) is 38.7 Å². The predicted octanol–water partition coefficient (Wildman–Crippen LogP) is 8.08. The number of phenolic OH excluding ortho intramolecular Hbond substituents is 1. The van der Waals surface area contributed by atoms with Crippen LogP contribution in [0.5, 0.6) is 11.5 Å². The Balaban J connectivity index is 1.69. The minimum Gasteiger partial charge on any atom is -0.507 e. The Kier molecular flexibility index (Phi) is 10.4. The lowest BCUT2D eigenvalue weighted by Gasteiger charge is -2.37. The van der Waals surface area contributed by atoms with Crippen LogP contribution < -0.4 is 4.74 Å². The van der Waals surface area contributed by atoms with E-state index in [1.807, 2.05) is 20.8 Å². The molecular weight excluding hydrogens is 396 g/mol. The number of ether oxygens (including phenoxy) is 2. The number of aromatic hydroxyl groups is 1. The third-order valence-corrected chi connectivity index (χ3v) is 7.63. The molecule has 3 heteroatoms. The highest BCUT2D eigenvalue weighted by Gasteiger charge is 2.34. The summed E-state index contributed by atoms with van der Waals surface area (Å²) in [5.41, 5.74) is 3.82. The Morgan fingerprint density at radius 3 is 2.09 bits per heavy atom. The van der Waals surface area contributed by atoms with Gasteiger partial charge in [0, 0.05) is 12.2 Å². The van der Waals surface area contributed by atoms with Crippen LogP contribution in [0.25, 0.3) is 0 Å². The van der Waals surface area contributed by atoms with Crippen LogP contribution in [-0.4, -0.2) is 23.9 Å². The summed E-state index contributed by atoms with van der Waals surface area (Å²) in [5.74, 6) is 3.80. The summed E-state index contributed by atoms with van der Waals surface area (Å²) in [6.07, 6.45) is 11.1. The van der Waals surface area contributed by atoms with Gasteiger partial charge in [0.25, 0.3) is 0 Å². The van der Waals surface area contributed by atoms with Gasteiger partial charge >= 0.3 is 0 Å². The molecule has 0 radical (unpaired) electrons. The van der Waals surface area contributed by atoms with E-state index in [-0.39, 0.29) is 5.60 Å². The molecule has 1 aromatic rings. The minimum atomic E-state index is -0.289. The molecule has 0 fully saturated rings. The molecule has 32 heavy (non-hydrogen) atoms. The fraction of sp³-hybridized carbons (Fsp3) is 0.793. The van der Waals surface area contributed by atoms with Gasteiger partial charge in [-0.25, -0.2) is 0 Å². The van der Waals surface area contributed by atoms with Crippen molar-refractivity contribution < 1.29 is 14.6 Å². The van der Waals surface area contributed by atoms with Crippen LogP contribution in [0.3, 0.4) is 0 Å². The van der Waals surface area contributed by atoms with Crippen molar-refractivity contribution in [2.24, 2.45) is 17.8 Å². The van der Waals surface area contributed by atoms with Crippen molar-refractivity contribution in [3.8, 4) is 11.5 Å². The summed E-state index contributed by atoms with van der Waals surface area (Å²) in [7, 11) is 0. The molecular formula is C29H50O3. The molecule has 184 valence electrons. The molecule has 1 aliphatic rings. The first-order valence-corrected chi connectivity index (χ1v) is 13.1. The van der Waals surface area contributed by atoms with Crippen LogP contribution in [0, 0.1) is 38.5 Å². The number of benzene rings is 1. The maximum absolute atomic E-state index is 10.4. The summed E-state index contributed by atoms with van der Waals surface area (Å²) >= 11 is 0. The number of fused-ring (bicyclic) bond motifs is 1. The maximum atomic E-state index is 10.4. The molecule has 1 aromatic carbocycles. The third-order valence-electron chi connectivity index (χ3n) is 7.63. The second-order valence-electron chi connectivity index (χ2n) is 11.4. The van der Waals surface area contributed by atoms with Crippen molar-refractivity contribution >= 4 is 0 Å². The zero-order chi connectivity index (χ0) is 23.9. The molecule has 0 saturated carbocycles. The molecule has 0 spiro atoms. The summed E-state index contributed by atoms with van der Waals surface area (Å²) in [6.45, 7) is 19.0. The molecule has 1 heterocycles. The standard InChI is InChI=1S/C29H50O3/c1-20(2)11-9-12-21(3)13-10-14-22(4)16-18-31-19-29(8)17-15-26-25(7)27(30)23(5)24(6)28(26)32-29/h20-22,30H,9-19H2,1-8H3/t21?,22?,29-/m1/s1. The molecule has 0 amide bonds. The van der Waals surface area contributed by atoms with Crippen LogP contribution >= 0.6 is 0 Å². The van der Waals surface area contributed by atoms with Crippen molar-refractivity contribution in [2.45, 2.75) is 119 Å². The fourth-order valence-corrected chi connectivity index (χ4v) is 4.95. The van der Waals surface area contributed by atoms with Crippen molar-refractivity contribution in [2.75, 3.05) is 13.2 Å². The van der Waals surface area contributed by atoms with Gasteiger partial charge in [-0.2, -0.15) is 0 Å². The molecule has 1 N–H and O–H groups in total. The lowest BCUT2D eigenvalue weighted by molar-refractivity contribution is -0.0309. The van der Waals surface area contributed by atoms with Crippen LogP contribution in [0.1, 0.15) is 108 Å². The van der Waals surface area contributed by atoms with E-state index < -0.39 is 0 Å². The Bertz CT molecular complexity index is 724. The van der Waals surface area contributed by atoms with Crippen LogP contribution in [0.15, 0.2) is 0 Å². The first kappa shape index (κ1) is 27.0. The van der Waals surface area contributed by atoms with Crippen molar-refractivity contribution in [3.63, 3.8) is 0 Å². The third kappa shape index (κ3) is 7.68. The molecule has 3 nitrogen and oxygen atoms in total. The van der Waals surface area contributed by atoms with Gasteiger partial charge in [0.1, 0.15) is 17.1 Å². The van der Waals surface area contributed by atoms with E-state index in [1.165, 1.54) is 38.5 Å². The summed E-state index contributed by atoms with van der Waals surface area (Å²) in [4.78, 5) is 0. The minimum absolute atomic E-state index is 0.289. The number of hydrogen-bond acceptors (Lipinski definition) is 3. The average Bonchev–Trinajstić information content (AvgIpc) is 2.73. The van der Waals surface area contributed by atoms with E-state index in [0.29, 0.717) is 18.3 Å². The normalized spacial score (nSPS) is 20.2. The van der Waals surface area contributed by atoms with E-state index in [0.717, 1.165) is 65.7 Å². The molecule has 0 saturated heterocycles. The Hall–Kier alpha value is -1.22. The highest BCUT2D eigenvalue weighted by molar-refractivity contribution is 5.58. The van der Waals surface area contributed by atoms with Gasteiger partial charge in [-0.3, -0.25) is 0 Å². The summed E-state index contributed by atoms with van der Waals surface area (Å²) in [6, 6.07) is 0. The average molecular weight is 447 g/mol. The highest BCUT2D eigenvalue weighted by atomic mass is 16.5.